The lowest BCUT2D eigenvalue weighted by molar-refractivity contribution is -0.125. The number of halogens is 1. The van der Waals surface area contributed by atoms with Crippen molar-refractivity contribution in [1.29, 1.82) is 0 Å². The Labute approximate surface area is 110 Å². The van der Waals surface area contributed by atoms with Crippen molar-refractivity contribution in [3.05, 3.63) is 0 Å². The molecule has 102 valence electrons. The molecule has 2 aliphatic rings. The molecule has 1 unspecified atom stereocenters. The van der Waals surface area contributed by atoms with Gasteiger partial charge in [-0.05, 0) is 12.8 Å². The highest BCUT2D eigenvalue weighted by Gasteiger charge is 2.50. The van der Waals surface area contributed by atoms with Crippen molar-refractivity contribution in [3.63, 3.8) is 0 Å². The summed E-state index contributed by atoms with van der Waals surface area (Å²) < 4.78 is 25.0. The second-order valence-corrected chi connectivity index (χ2v) is 6.90. The number of hydrogen-bond donors (Lipinski definition) is 2. The number of amides is 3. The predicted octanol–water partition coefficient (Wildman–Crippen LogP) is -0.771. The Hall–Kier alpha value is -0.860. The number of carbonyl (C=O) groups is 2. The van der Waals surface area contributed by atoms with E-state index >= 15 is 0 Å². The molecule has 2 fully saturated rings. The summed E-state index contributed by atoms with van der Waals surface area (Å²) in [6.07, 6.45) is 0.965. The number of piperidine rings is 1. The second kappa shape index (κ2) is 4.67. The van der Waals surface area contributed by atoms with Crippen molar-refractivity contribution in [2.75, 3.05) is 24.7 Å². The number of urea groups is 1. The molecule has 0 radical (unpaired) electrons. The molecule has 0 aromatic carbocycles. The van der Waals surface area contributed by atoms with Crippen LogP contribution in [0.2, 0.25) is 0 Å². The maximum atomic E-state index is 11.9. The molecular formula is C9H14ClN3O4S. The Kier molecular flexibility index (Phi) is 3.52. The number of alkyl halides is 1. The Morgan fingerprint density at radius 1 is 1.39 bits per heavy atom. The molecule has 1 spiro atoms. The fraction of sp³-hybridized carbons (Fsp3) is 0.778. The Morgan fingerprint density at radius 2 is 2.11 bits per heavy atom. The normalized spacial score (nSPS) is 29.4. The molecule has 0 bridgehead atoms. The van der Waals surface area contributed by atoms with Crippen molar-refractivity contribution < 1.29 is 18.0 Å². The van der Waals surface area contributed by atoms with Gasteiger partial charge < -0.3 is 5.32 Å². The third-order valence-electron chi connectivity index (χ3n) is 3.20. The third kappa shape index (κ3) is 2.32. The average Bonchev–Trinajstić information content (AvgIpc) is 2.53. The van der Waals surface area contributed by atoms with Crippen LogP contribution in [0.4, 0.5) is 4.79 Å². The first-order chi connectivity index (χ1) is 8.39. The van der Waals surface area contributed by atoms with E-state index in [2.05, 4.69) is 10.6 Å². The summed E-state index contributed by atoms with van der Waals surface area (Å²) in [6, 6.07) is -0.573. The molecule has 0 aliphatic carbocycles. The first-order valence-electron chi connectivity index (χ1n) is 5.57. The van der Waals surface area contributed by atoms with Gasteiger partial charge in [-0.25, -0.2) is 13.2 Å². The number of hydrogen-bond acceptors (Lipinski definition) is 4. The molecule has 7 nitrogen and oxygen atoms in total. The number of sulfonamides is 1. The summed E-state index contributed by atoms with van der Waals surface area (Å²) >= 11 is 5.45. The number of nitrogens with zero attached hydrogens (tertiary/aromatic N) is 1. The topological polar surface area (TPSA) is 95.6 Å². The minimum absolute atomic E-state index is 0.00435. The molecule has 2 saturated heterocycles. The zero-order chi connectivity index (χ0) is 13.4. The maximum Gasteiger partial charge on any atom is 0.322 e. The molecule has 9 heteroatoms. The fourth-order valence-electron chi connectivity index (χ4n) is 2.30. The maximum absolute atomic E-state index is 11.9. The van der Waals surface area contributed by atoms with Gasteiger partial charge in [0.05, 0.1) is 5.75 Å². The summed E-state index contributed by atoms with van der Waals surface area (Å²) in [5.74, 6) is -0.622. The number of rotatable bonds is 3. The van der Waals surface area contributed by atoms with Gasteiger partial charge in [-0.1, -0.05) is 0 Å². The van der Waals surface area contributed by atoms with Gasteiger partial charge in [-0.3, -0.25) is 10.1 Å². The van der Waals surface area contributed by atoms with Crippen LogP contribution in [0, 0.1) is 0 Å². The highest BCUT2D eigenvalue weighted by atomic mass is 35.5. The van der Waals surface area contributed by atoms with Crippen LogP contribution >= 0.6 is 11.6 Å². The zero-order valence-corrected chi connectivity index (χ0v) is 11.2. The van der Waals surface area contributed by atoms with E-state index in [1.165, 1.54) is 4.31 Å². The van der Waals surface area contributed by atoms with Crippen molar-refractivity contribution in [3.8, 4) is 0 Å². The van der Waals surface area contributed by atoms with Crippen molar-refractivity contribution in [1.82, 2.24) is 14.9 Å². The lowest BCUT2D eigenvalue weighted by atomic mass is 9.90. The summed E-state index contributed by atoms with van der Waals surface area (Å²) in [6.45, 7) is 0.327. The van der Waals surface area contributed by atoms with Gasteiger partial charge in [0.2, 0.25) is 10.0 Å². The van der Waals surface area contributed by atoms with Crippen LogP contribution in [-0.2, 0) is 14.8 Å². The van der Waals surface area contributed by atoms with E-state index in [4.69, 9.17) is 11.6 Å². The molecule has 18 heavy (non-hydrogen) atoms. The smallest absolute Gasteiger partial charge is 0.322 e. The molecule has 1 atom stereocenters. The van der Waals surface area contributed by atoms with Gasteiger partial charge >= 0.3 is 6.03 Å². The van der Waals surface area contributed by atoms with Gasteiger partial charge in [0, 0.05) is 19.0 Å². The van der Waals surface area contributed by atoms with Crippen molar-refractivity contribution in [2.45, 2.75) is 18.4 Å². The van der Waals surface area contributed by atoms with Crippen molar-refractivity contribution in [2.24, 2.45) is 0 Å². The Morgan fingerprint density at radius 3 is 2.67 bits per heavy atom. The monoisotopic (exact) mass is 295 g/mol. The molecule has 2 heterocycles. The number of imide groups is 1. The van der Waals surface area contributed by atoms with E-state index in [-0.39, 0.29) is 18.2 Å². The van der Waals surface area contributed by atoms with E-state index in [0.717, 1.165) is 0 Å². The van der Waals surface area contributed by atoms with Crippen LogP contribution < -0.4 is 10.6 Å². The van der Waals surface area contributed by atoms with Gasteiger partial charge in [-0.2, -0.15) is 4.31 Å². The second-order valence-electron chi connectivity index (χ2n) is 4.43. The molecule has 0 aromatic heterocycles. The van der Waals surface area contributed by atoms with Gasteiger partial charge in [0.25, 0.3) is 5.91 Å². The number of nitrogens with one attached hydrogen (secondary N) is 2. The summed E-state index contributed by atoms with van der Waals surface area (Å²) in [7, 11) is -3.47. The lowest BCUT2D eigenvalue weighted by Gasteiger charge is -2.37. The molecule has 3 amide bonds. The standard InChI is InChI=1S/C9H14ClN3O4S/c10-3-5-18(16,17)13-4-1-2-9(6-13)7(14)11-8(15)12-9/h1-6H2,(H2,11,12,14,15). The third-order valence-corrected chi connectivity index (χ3v) is 5.43. The summed E-state index contributed by atoms with van der Waals surface area (Å²) in [5.41, 5.74) is -1.12. The largest absolute Gasteiger partial charge is 0.322 e. The fourth-order valence-corrected chi connectivity index (χ4v) is 4.16. The lowest BCUT2D eigenvalue weighted by Crippen LogP contribution is -2.59. The first-order valence-corrected chi connectivity index (χ1v) is 7.71. The minimum atomic E-state index is -3.47. The predicted molar refractivity (Wildman–Crippen MR) is 64.7 cm³/mol. The minimum Gasteiger partial charge on any atom is -0.322 e. The highest BCUT2D eigenvalue weighted by molar-refractivity contribution is 7.89. The first kappa shape index (κ1) is 13.6. The van der Waals surface area contributed by atoms with Gasteiger partial charge in [0.1, 0.15) is 5.54 Å². The van der Waals surface area contributed by atoms with Crippen LogP contribution in [0.15, 0.2) is 0 Å². The SMILES string of the molecule is O=C1NC(=O)C2(CCCN(S(=O)(=O)CCCl)C2)N1. The zero-order valence-electron chi connectivity index (χ0n) is 9.61. The molecule has 0 saturated carbocycles. The average molecular weight is 296 g/mol. The highest BCUT2D eigenvalue weighted by Crippen LogP contribution is 2.26. The molecular weight excluding hydrogens is 282 g/mol. The molecule has 0 aromatic rings. The molecule has 2 aliphatic heterocycles. The Balaban J connectivity index is 2.19. The Bertz CT molecular complexity index is 480. The van der Waals surface area contributed by atoms with Gasteiger partial charge in [-0.15, -0.1) is 11.6 Å². The van der Waals surface area contributed by atoms with Crippen LogP contribution in [0.25, 0.3) is 0 Å². The summed E-state index contributed by atoms with van der Waals surface area (Å²) in [4.78, 5) is 22.9. The van der Waals surface area contributed by atoms with Crippen LogP contribution in [-0.4, -0.2) is 54.9 Å². The van der Waals surface area contributed by atoms with Crippen LogP contribution in [0.5, 0.6) is 0 Å². The van der Waals surface area contributed by atoms with E-state index in [0.29, 0.717) is 19.4 Å². The van der Waals surface area contributed by atoms with E-state index < -0.39 is 27.5 Å². The van der Waals surface area contributed by atoms with Gasteiger partial charge in [0.15, 0.2) is 0 Å². The quantitative estimate of drug-likeness (QED) is 0.528. The molecule has 2 rings (SSSR count). The van der Waals surface area contributed by atoms with E-state index in [1.807, 2.05) is 0 Å². The van der Waals surface area contributed by atoms with E-state index in [1.54, 1.807) is 0 Å². The number of carbonyl (C=O) groups excluding carboxylic acids is 2. The van der Waals surface area contributed by atoms with Crippen molar-refractivity contribution >= 4 is 33.6 Å². The van der Waals surface area contributed by atoms with E-state index in [9.17, 15) is 18.0 Å². The van der Waals surface area contributed by atoms with Crippen LogP contribution in [0.1, 0.15) is 12.8 Å². The van der Waals surface area contributed by atoms with Crippen LogP contribution in [0.3, 0.4) is 0 Å². The molecule has 2 N–H and O–H groups in total. The summed E-state index contributed by atoms with van der Waals surface area (Å²) in [5, 5.41) is 4.67.